The second-order valence-corrected chi connectivity index (χ2v) is 10.7. The number of nitrogens with one attached hydrogen (secondary N) is 1. The predicted octanol–water partition coefficient (Wildman–Crippen LogP) is 2.74. The average Bonchev–Trinajstić information content (AvgIpc) is 3.30. The van der Waals surface area contributed by atoms with Gasteiger partial charge in [0.05, 0.1) is 17.0 Å². The van der Waals surface area contributed by atoms with E-state index in [1.165, 1.54) is 21.8 Å². The molecule has 0 bridgehead atoms. The number of nitrogens with zero attached hydrogens (tertiary/aromatic N) is 4. The summed E-state index contributed by atoms with van der Waals surface area (Å²) in [6.07, 6.45) is 3.20. The van der Waals surface area contributed by atoms with Crippen molar-refractivity contribution in [3.8, 4) is 10.6 Å². The van der Waals surface area contributed by atoms with Crippen LogP contribution in [0.1, 0.15) is 9.67 Å². The fourth-order valence-electron chi connectivity index (χ4n) is 3.38. The lowest BCUT2D eigenvalue weighted by molar-refractivity contribution is 0.0960. The largest absolute Gasteiger partial charge is 0.354 e. The van der Waals surface area contributed by atoms with Gasteiger partial charge in [-0.25, -0.2) is 18.4 Å². The van der Waals surface area contributed by atoms with Gasteiger partial charge in [0.25, 0.3) is 5.91 Å². The average molecular weight is 492 g/mol. The standard InChI is InChI=1S/C21H22ClN5O3S2/c22-17-6-2-1-5-16(17)21-25-15-18(31-21)20(28)24-9-14-32(29,30)27-12-10-26(11-13-27)19-7-3-4-8-23-19/h1-8,15H,9-14H2,(H,24,28). The number of anilines is 1. The molecule has 1 N–H and O–H groups in total. The molecule has 0 aliphatic carbocycles. The monoisotopic (exact) mass is 491 g/mol. The molecule has 1 aliphatic rings. The number of thiazole rings is 1. The highest BCUT2D eigenvalue weighted by atomic mass is 35.5. The Morgan fingerprint density at radius 1 is 1.06 bits per heavy atom. The molecule has 1 aromatic carbocycles. The number of aromatic nitrogens is 2. The van der Waals surface area contributed by atoms with Crippen LogP contribution in [0.3, 0.4) is 0 Å². The molecule has 0 unspecified atom stereocenters. The summed E-state index contributed by atoms with van der Waals surface area (Å²) in [6, 6.07) is 12.9. The van der Waals surface area contributed by atoms with Gasteiger partial charge in [-0.2, -0.15) is 4.31 Å². The molecule has 3 aromatic rings. The Hall–Kier alpha value is -2.53. The van der Waals surface area contributed by atoms with Gasteiger partial charge in [-0.05, 0) is 18.2 Å². The van der Waals surface area contributed by atoms with Crippen molar-refractivity contribution in [3.63, 3.8) is 0 Å². The van der Waals surface area contributed by atoms with E-state index < -0.39 is 10.0 Å². The van der Waals surface area contributed by atoms with E-state index in [2.05, 4.69) is 20.2 Å². The molecule has 0 spiro atoms. The zero-order valence-electron chi connectivity index (χ0n) is 17.1. The summed E-state index contributed by atoms with van der Waals surface area (Å²) in [5, 5.41) is 3.88. The molecular weight excluding hydrogens is 470 g/mol. The molecule has 11 heteroatoms. The number of amides is 1. The van der Waals surface area contributed by atoms with Gasteiger partial charge in [-0.15, -0.1) is 11.3 Å². The number of rotatable bonds is 7. The first-order valence-corrected chi connectivity index (χ1v) is 12.9. The number of hydrogen-bond acceptors (Lipinski definition) is 7. The molecule has 1 saturated heterocycles. The Morgan fingerprint density at radius 2 is 1.81 bits per heavy atom. The maximum Gasteiger partial charge on any atom is 0.263 e. The van der Waals surface area contributed by atoms with E-state index in [-0.39, 0.29) is 18.2 Å². The van der Waals surface area contributed by atoms with Crippen LogP contribution < -0.4 is 10.2 Å². The number of carbonyl (C=O) groups is 1. The minimum absolute atomic E-state index is 0.0287. The molecule has 168 valence electrons. The zero-order valence-corrected chi connectivity index (χ0v) is 19.5. The molecular formula is C21H22ClN5O3S2. The van der Waals surface area contributed by atoms with E-state index in [1.807, 2.05) is 36.4 Å². The van der Waals surface area contributed by atoms with Crippen LogP contribution in [0.25, 0.3) is 10.6 Å². The van der Waals surface area contributed by atoms with Crippen LogP contribution >= 0.6 is 22.9 Å². The lowest BCUT2D eigenvalue weighted by Crippen LogP contribution is -2.50. The lowest BCUT2D eigenvalue weighted by Gasteiger charge is -2.34. The van der Waals surface area contributed by atoms with E-state index in [9.17, 15) is 13.2 Å². The van der Waals surface area contributed by atoms with Crippen molar-refractivity contribution in [1.29, 1.82) is 0 Å². The Bertz CT molecular complexity index is 1180. The number of benzene rings is 1. The van der Waals surface area contributed by atoms with Gasteiger partial charge in [-0.1, -0.05) is 35.9 Å². The quantitative estimate of drug-likeness (QED) is 0.546. The summed E-state index contributed by atoms with van der Waals surface area (Å²) in [5.74, 6) is 0.340. The van der Waals surface area contributed by atoms with Crippen LogP contribution in [0.2, 0.25) is 5.02 Å². The summed E-state index contributed by atoms with van der Waals surface area (Å²) < 4.78 is 26.9. The van der Waals surface area contributed by atoms with E-state index in [1.54, 1.807) is 12.3 Å². The number of carbonyl (C=O) groups excluding carboxylic acids is 1. The van der Waals surface area contributed by atoms with Crippen LogP contribution in [0.15, 0.2) is 54.9 Å². The molecule has 1 amide bonds. The molecule has 32 heavy (non-hydrogen) atoms. The van der Waals surface area contributed by atoms with E-state index in [4.69, 9.17) is 11.6 Å². The van der Waals surface area contributed by atoms with E-state index in [0.717, 1.165) is 11.4 Å². The topological polar surface area (TPSA) is 95.5 Å². The lowest BCUT2D eigenvalue weighted by atomic mass is 10.2. The highest BCUT2D eigenvalue weighted by Gasteiger charge is 2.27. The summed E-state index contributed by atoms with van der Waals surface area (Å²) >= 11 is 7.40. The molecule has 0 saturated carbocycles. The second kappa shape index (κ2) is 9.95. The van der Waals surface area contributed by atoms with Gasteiger partial charge in [0.2, 0.25) is 10.0 Å². The molecule has 3 heterocycles. The van der Waals surface area contributed by atoms with E-state index in [0.29, 0.717) is 41.1 Å². The van der Waals surface area contributed by atoms with Crippen molar-refractivity contribution in [2.45, 2.75) is 0 Å². The van der Waals surface area contributed by atoms with Crippen molar-refractivity contribution in [3.05, 3.63) is 64.8 Å². The summed E-state index contributed by atoms with van der Waals surface area (Å²) in [5.41, 5.74) is 0.755. The fourth-order valence-corrected chi connectivity index (χ4v) is 5.88. The number of hydrogen-bond donors (Lipinski definition) is 1. The van der Waals surface area contributed by atoms with Gasteiger partial charge >= 0.3 is 0 Å². The van der Waals surface area contributed by atoms with Crippen molar-refractivity contribution >= 4 is 44.7 Å². The van der Waals surface area contributed by atoms with Crippen LogP contribution in [-0.2, 0) is 10.0 Å². The van der Waals surface area contributed by atoms with Gasteiger partial charge in [0, 0.05) is 44.5 Å². The Kier molecular flexibility index (Phi) is 7.04. The number of pyridine rings is 1. The maximum atomic E-state index is 12.7. The highest BCUT2D eigenvalue weighted by Crippen LogP contribution is 2.30. The first kappa shape index (κ1) is 22.7. The Morgan fingerprint density at radius 3 is 2.53 bits per heavy atom. The van der Waals surface area contributed by atoms with Crippen molar-refractivity contribution in [2.24, 2.45) is 0 Å². The first-order valence-electron chi connectivity index (χ1n) is 10.1. The summed E-state index contributed by atoms with van der Waals surface area (Å²) in [7, 11) is -3.47. The molecule has 0 atom stereocenters. The van der Waals surface area contributed by atoms with Gasteiger partial charge in [0.15, 0.2) is 0 Å². The SMILES string of the molecule is O=C(NCCS(=O)(=O)N1CCN(c2ccccn2)CC1)c1cnc(-c2ccccc2Cl)s1. The maximum absolute atomic E-state index is 12.7. The molecule has 2 aromatic heterocycles. The minimum atomic E-state index is -3.47. The number of piperazine rings is 1. The molecule has 8 nitrogen and oxygen atoms in total. The van der Waals surface area contributed by atoms with Gasteiger partial charge < -0.3 is 10.2 Å². The predicted molar refractivity (Wildman–Crippen MR) is 127 cm³/mol. The molecule has 4 rings (SSSR count). The van der Waals surface area contributed by atoms with Crippen LogP contribution in [0, 0.1) is 0 Å². The van der Waals surface area contributed by atoms with Crippen LogP contribution in [0.5, 0.6) is 0 Å². The normalized spacial score (nSPS) is 15.0. The van der Waals surface area contributed by atoms with Crippen molar-refractivity contribution in [2.75, 3.05) is 43.4 Å². The third-order valence-electron chi connectivity index (χ3n) is 5.08. The molecule has 0 radical (unpaired) electrons. The second-order valence-electron chi connectivity index (χ2n) is 7.16. The van der Waals surface area contributed by atoms with Gasteiger partial charge in [-0.3, -0.25) is 4.79 Å². The highest BCUT2D eigenvalue weighted by molar-refractivity contribution is 7.89. The molecule has 1 aliphatic heterocycles. The van der Waals surface area contributed by atoms with Crippen LogP contribution in [0.4, 0.5) is 5.82 Å². The summed E-state index contributed by atoms with van der Waals surface area (Å²) in [6.45, 7) is 1.97. The first-order chi connectivity index (χ1) is 15.4. The number of halogens is 1. The third kappa shape index (κ3) is 5.26. The third-order valence-corrected chi connectivity index (χ3v) is 8.32. The number of sulfonamides is 1. The minimum Gasteiger partial charge on any atom is -0.354 e. The van der Waals surface area contributed by atoms with Crippen molar-refractivity contribution in [1.82, 2.24) is 19.6 Å². The smallest absolute Gasteiger partial charge is 0.263 e. The Labute approximate surface area is 195 Å². The Balaban J connectivity index is 1.28. The fraction of sp³-hybridized carbons (Fsp3) is 0.286. The van der Waals surface area contributed by atoms with Gasteiger partial charge in [0.1, 0.15) is 15.7 Å². The van der Waals surface area contributed by atoms with Crippen LogP contribution in [-0.4, -0.2) is 67.1 Å². The molecule has 1 fully saturated rings. The zero-order chi connectivity index (χ0) is 22.6. The summed E-state index contributed by atoms with van der Waals surface area (Å²) in [4.78, 5) is 23.5. The van der Waals surface area contributed by atoms with Crippen molar-refractivity contribution < 1.29 is 13.2 Å². The van der Waals surface area contributed by atoms with E-state index >= 15 is 0 Å².